The molecule has 8 heterocycles. The van der Waals surface area contributed by atoms with E-state index in [2.05, 4.69) is 31.8 Å². The van der Waals surface area contributed by atoms with Crippen LogP contribution in [0, 0.1) is 19.7 Å². The second kappa shape index (κ2) is 21.2. The van der Waals surface area contributed by atoms with E-state index in [0.29, 0.717) is 96.1 Å². The van der Waals surface area contributed by atoms with Crippen LogP contribution in [0.2, 0.25) is 10.0 Å². The quantitative estimate of drug-likeness (QED) is 0.133. The van der Waals surface area contributed by atoms with Gasteiger partial charge in [-0.2, -0.15) is 0 Å². The molecule has 16 nitrogen and oxygen atoms in total. The van der Waals surface area contributed by atoms with Crippen molar-refractivity contribution in [3.05, 3.63) is 124 Å². The van der Waals surface area contributed by atoms with Gasteiger partial charge >= 0.3 is 5.97 Å². The Labute approximate surface area is 439 Å². The van der Waals surface area contributed by atoms with E-state index in [9.17, 15) is 19.4 Å². The number of hydrogen-bond donors (Lipinski definition) is 2. The first-order valence-electron chi connectivity index (χ1n) is 24.2. The summed E-state index contributed by atoms with van der Waals surface area (Å²) in [5.74, 6) is 0.533. The number of carboxylic acids is 1. The van der Waals surface area contributed by atoms with Gasteiger partial charge in [0, 0.05) is 66.9 Å². The van der Waals surface area contributed by atoms with Crippen LogP contribution in [0.1, 0.15) is 22.4 Å². The zero-order chi connectivity index (χ0) is 51.2. The number of aliphatic carboxylic acids is 1. The van der Waals surface area contributed by atoms with Gasteiger partial charge in [0.25, 0.3) is 0 Å². The van der Waals surface area contributed by atoms with E-state index in [1.807, 2.05) is 38.1 Å². The van der Waals surface area contributed by atoms with E-state index in [0.717, 1.165) is 31.7 Å². The fourth-order valence-electron chi connectivity index (χ4n) is 9.88. The minimum Gasteiger partial charge on any atom is -0.490 e. The number of fused-ring (bicyclic) bond motifs is 8. The summed E-state index contributed by atoms with van der Waals surface area (Å²) in [6.07, 6.45) is -1.00. The summed E-state index contributed by atoms with van der Waals surface area (Å²) >= 11 is 16.0. The normalized spacial score (nSPS) is 22.1. The summed E-state index contributed by atoms with van der Waals surface area (Å²) in [7, 11) is 2.10. The highest BCUT2D eigenvalue weighted by Gasteiger charge is 2.48. The maximum absolute atomic E-state index is 14.4. The van der Waals surface area contributed by atoms with Crippen LogP contribution in [-0.2, 0) is 27.3 Å². The van der Waals surface area contributed by atoms with Gasteiger partial charge in [-0.15, -0.1) is 11.3 Å². The summed E-state index contributed by atoms with van der Waals surface area (Å²) in [6, 6.07) is 20.4. The van der Waals surface area contributed by atoms with Crippen molar-refractivity contribution in [2.24, 2.45) is 0 Å². The minimum atomic E-state index is -1.49. The third-order valence-electron chi connectivity index (χ3n) is 13.8. The number of aromatic nitrogens is 4. The third kappa shape index (κ3) is 10.2. The number of benzene rings is 4. The van der Waals surface area contributed by atoms with Crippen LogP contribution in [-0.4, -0.2) is 142 Å². The summed E-state index contributed by atoms with van der Waals surface area (Å²) in [5, 5.41) is 22.1. The van der Waals surface area contributed by atoms with Gasteiger partial charge in [-0.3, -0.25) is 4.90 Å². The highest BCUT2D eigenvalue weighted by atomic mass is 35.5. The van der Waals surface area contributed by atoms with Gasteiger partial charge < -0.3 is 48.3 Å². The lowest BCUT2D eigenvalue weighted by atomic mass is 9.92. The molecule has 3 aromatic heterocycles. The Kier molecular flexibility index (Phi) is 14.3. The van der Waals surface area contributed by atoms with E-state index in [-0.39, 0.29) is 54.4 Å². The van der Waals surface area contributed by atoms with Gasteiger partial charge in [-0.1, -0.05) is 35.3 Å². The first kappa shape index (κ1) is 50.0. The lowest BCUT2D eigenvalue weighted by Gasteiger charge is -2.35. The molecule has 3 fully saturated rings. The predicted octanol–water partition coefficient (Wildman–Crippen LogP) is 8.49. The fourth-order valence-corrected chi connectivity index (χ4v) is 11.5. The van der Waals surface area contributed by atoms with Crippen molar-refractivity contribution in [3.63, 3.8) is 0 Å². The highest BCUT2D eigenvalue weighted by molar-refractivity contribution is 7.22. The molecule has 384 valence electrons. The largest absolute Gasteiger partial charge is 0.490 e. The molecule has 0 amide bonds. The number of hydrogen-bond acceptors (Lipinski definition) is 16. The maximum Gasteiger partial charge on any atom is 0.345 e. The minimum absolute atomic E-state index is 0.00788. The van der Waals surface area contributed by atoms with E-state index in [4.69, 9.17) is 61.3 Å². The Bertz CT molecular complexity index is 3190. The molecule has 20 heteroatoms. The summed E-state index contributed by atoms with van der Waals surface area (Å²) in [4.78, 5) is 37.7. The molecular weight excluding hydrogens is 1010 g/mol. The molecule has 0 saturated carbocycles. The molecular formula is C54H51Cl2FN6O10S. The van der Waals surface area contributed by atoms with Gasteiger partial charge in [0.1, 0.15) is 71.9 Å². The van der Waals surface area contributed by atoms with Gasteiger partial charge in [-0.05, 0) is 104 Å². The number of carboxylic acid groups (broad SMARTS) is 1. The van der Waals surface area contributed by atoms with E-state index >= 15 is 0 Å². The zero-order valence-corrected chi connectivity index (χ0v) is 42.8. The smallest absolute Gasteiger partial charge is 0.345 e. The molecule has 4 bridgehead atoms. The Morgan fingerprint density at radius 1 is 0.865 bits per heavy atom. The Balaban J connectivity index is 0.937. The van der Waals surface area contributed by atoms with E-state index in [1.165, 1.54) is 29.8 Å². The molecule has 12 rings (SSSR count). The number of carbonyl (C=O) groups is 1. The van der Waals surface area contributed by atoms with Crippen LogP contribution in [0.15, 0.2) is 85.3 Å². The second-order valence-corrected chi connectivity index (χ2v) is 20.6. The number of rotatable bonds is 10. The molecule has 5 aliphatic rings. The maximum atomic E-state index is 14.4. The summed E-state index contributed by atoms with van der Waals surface area (Å²) < 4.78 is 58.4. The molecule has 0 radical (unpaired) electrons. The first-order chi connectivity index (χ1) is 35.8. The average Bonchev–Trinajstić information content (AvgIpc) is 4.11. The molecule has 0 unspecified atom stereocenters. The third-order valence-corrected chi connectivity index (χ3v) is 15.9. The van der Waals surface area contributed by atoms with Gasteiger partial charge in [0.2, 0.25) is 12.0 Å². The highest BCUT2D eigenvalue weighted by Crippen LogP contribution is 2.53. The van der Waals surface area contributed by atoms with Crippen molar-refractivity contribution in [2.45, 2.75) is 63.5 Å². The van der Waals surface area contributed by atoms with Crippen LogP contribution in [0.5, 0.6) is 28.9 Å². The number of nitrogens with zero attached hydrogens (tertiary/aromatic N) is 6. The Morgan fingerprint density at radius 3 is 2.36 bits per heavy atom. The Hall–Kier alpha value is -6.22. The number of aliphatic hydroxyl groups excluding tert-OH is 1. The molecule has 0 spiro atoms. The van der Waals surface area contributed by atoms with Crippen LogP contribution < -0.4 is 23.7 Å². The van der Waals surface area contributed by atoms with Crippen LogP contribution in [0.4, 0.5) is 4.39 Å². The van der Waals surface area contributed by atoms with Gasteiger partial charge in [0.15, 0.2) is 17.7 Å². The number of thiophene rings is 1. The van der Waals surface area contributed by atoms with Crippen molar-refractivity contribution in [1.82, 2.24) is 29.7 Å². The topological polar surface area (TPSA) is 180 Å². The van der Waals surface area contributed by atoms with Crippen molar-refractivity contribution in [1.29, 1.82) is 0 Å². The standard InChI is InChI=1S/C54H51Cl2FN6O10S/c1-28-42-29(2)46(56)49(45(28)55)72-37(22-63-18-16-62(3)17-19-63)24-67-36-12-13-39(68-23-34-14-15-58-51(61-34)31-6-10-35(11-7-31)71-41-26-70-47-38(64)25-69-48(41)47)32(20-36)21-40(54(65)66)73-52-44-43(42)50(74-53(44)60-27-59-52)30-4-8-33(57)9-5-30/h4-15,20,27,37-38,40-41,47-48,64H,16-19,21-26H2,1-3H3,(H,65,66)/t37-,38-,40-,41+,47-,48-/m1/s1. The molecule has 5 aliphatic heterocycles. The van der Waals surface area contributed by atoms with Crippen molar-refractivity contribution < 1.29 is 52.6 Å². The predicted molar refractivity (Wildman–Crippen MR) is 275 cm³/mol. The van der Waals surface area contributed by atoms with Gasteiger partial charge in [-0.25, -0.2) is 29.1 Å². The van der Waals surface area contributed by atoms with E-state index < -0.39 is 36.2 Å². The molecule has 0 aliphatic carbocycles. The number of halogens is 3. The molecule has 7 aromatic rings. The van der Waals surface area contributed by atoms with Crippen LogP contribution >= 0.6 is 34.5 Å². The lowest BCUT2D eigenvalue weighted by molar-refractivity contribution is -0.145. The number of ether oxygens (including phenoxy) is 7. The molecule has 3 saturated heterocycles. The molecule has 74 heavy (non-hydrogen) atoms. The number of aliphatic hydroxyl groups is 1. The zero-order valence-electron chi connectivity index (χ0n) is 40.5. The number of piperazine rings is 1. The lowest BCUT2D eigenvalue weighted by Crippen LogP contribution is -2.49. The second-order valence-electron chi connectivity index (χ2n) is 18.8. The molecule has 4 aromatic carbocycles. The monoisotopic (exact) mass is 1060 g/mol. The van der Waals surface area contributed by atoms with Crippen molar-refractivity contribution in [3.8, 4) is 61.8 Å². The molecule has 6 atom stereocenters. The summed E-state index contributed by atoms with van der Waals surface area (Å²) in [6.45, 7) is 8.29. The number of likely N-dealkylation sites (N-methyl/N-ethyl adjacent to an activating group) is 1. The van der Waals surface area contributed by atoms with E-state index in [1.54, 1.807) is 42.6 Å². The van der Waals surface area contributed by atoms with Crippen LogP contribution in [0.25, 0.3) is 43.2 Å². The fraction of sp³-hybridized carbons (Fsp3) is 0.352. The summed E-state index contributed by atoms with van der Waals surface area (Å²) in [5.41, 5.74) is 4.99. The van der Waals surface area contributed by atoms with Crippen molar-refractivity contribution >= 4 is 50.7 Å². The average molecular weight is 1070 g/mol. The van der Waals surface area contributed by atoms with Crippen molar-refractivity contribution in [2.75, 3.05) is 59.6 Å². The SMILES string of the molecule is Cc1c(Cl)c2c(Cl)c(C)c1-c1c(-c3ccc(F)cc3)sc3ncnc(c13)O[C@@H](C(=O)O)Cc1cc(ccc1OCc1ccnc(-c3ccc(O[C@H]4CO[C@H]5[C@@H]4OC[C@H]5O)cc3)n1)OC[C@@H](CN1CCN(C)CC1)O2. The van der Waals surface area contributed by atoms with Gasteiger partial charge in [0.05, 0.1) is 34.3 Å². The first-order valence-corrected chi connectivity index (χ1v) is 25.8. The molecule has 2 N–H and O–H groups in total. The Morgan fingerprint density at radius 2 is 1.61 bits per heavy atom. The van der Waals surface area contributed by atoms with Crippen LogP contribution in [0.3, 0.4) is 0 Å².